The normalized spacial score (nSPS) is 16.3. The summed E-state index contributed by atoms with van der Waals surface area (Å²) in [5.74, 6) is 0.0609. The zero-order valence-electron chi connectivity index (χ0n) is 11.8. The highest BCUT2D eigenvalue weighted by Crippen LogP contribution is 2.15. The number of hydrogen-bond acceptors (Lipinski definition) is 3. The van der Waals surface area contributed by atoms with Gasteiger partial charge in [-0.15, -0.1) is 0 Å². The highest BCUT2D eigenvalue weighted by Gasteiger charge is 2.19. The highest BCUT2D eigenvalue weighted by atomic mass is 16.2. The van der Waals surface area contributed by atoms with Gasteiger partial charge in [0.25, 0.3) is 0 Å². The smallest absolute Gasteiger partial charge is 0.236 e. The Morgan fingerprint density at radius 1 is 1.45 bits per heavy atom. The van der Waals surface area contributed by atoms with Gasteiger partial charge in [0.15, 0.2) is 0 Å². The summed E-state index contributed by atoms with van der Waals surface area (Å²) in [6.07, 6.45) is 1.60. The van der Waals surface area contributed by atoms with E-state index in [4.69, 9.17) is 5.73 Å². The van der Waals surface area contributed by atoms with Gasteiger partial charge in [-0.2, -0.15) is 0 Å². The molecule has 5 nitrogen and oxygen atoms in total. The molecule has 1 aromatic carbocycles. The van der Waals surface area contributed by atoms with Crippen molar-refractivity contribution < 1.29 is 9.59 Å². The van der Waals surface area contributed by atoms with Crippen LogP contribution >= 0.6 is 0 Å². The van der Waals surface area contributed by atoms with Gasteiger partial charge in [0.05, 0.1) is 6.04 Å². The standard InChI is InChI=1S/C15H21N3O2/c1-11(16)15(20)17-9-12-4-2-5-13(8-12)10-18-7-3-6-14(18)19/h2,4-5,8,11H,3,6-7,9-10,16H2,1H3,(H,17,20)/t11-/m1/s1. The van der Waals surface area contributed by atoms with Gasteiger partial charge in [-0.1, -0.05) is 24.3 Å². The third-order valence-electron chi connectivity index (χ3n) is 3.42. The Bertz CT molecular complexity index is 500. The molecular formula is C15H21N3O2. The van der Waals surface area contributed by atoms with Crippen molar-refractivity contribution in [2.45, 2.75) is 38.9 Å². The molecule has 0 aliphatic carbocycles. The summed E-state index contributed by atoms with van der Waals surface area (Å²) in [5, 5.41) is 2.78. The van der Waals surface area contributed by atoms with Crippen molar-refractivity contribution in [3.8, 4) is 0 Å². The van der Waals surface area contributed by atoms with Crippen LogP contribution in [0.15, 0.2) is 24.3 Å². The van der Waals surface area contributed by atoms with Crippen molar-refractivity contribution in [3.63, 3.8) is 0 Å². The molecule has 0 bridgehead atoms. The van der Waals surface area contributed by atoms with Gasteiger partial charge in [0.2, 0.25) is 11.8 Å². The summed E-state index contributed by atoms with van der Waals surface area (Å²) in [6.45, 7) is 3.60. The summed E-state index contributed by atoms with van der Waals surface area (Å²) in [4.78, 5) is 24.9. The number of amides is 2. The Morgan fingerprint density at radius 3 is 2.85 bits per heavy atom. The largest absolute Gasteiger partial charge is 0.351 e. The predicted molar refractivity (Wildman–Crippen MR) is 76.6 cm³/mol. The monoisotopic (exact) mass is 275 g/mol. The van der Waals surface area contributed by atoms with Gasteiger partial charge in [-0.3, -0.25) is 9.59 Å². The van der Waals surface area contributed by atoms with E-state index in [1.807, 2.05) is 29.2 Å². The van der Waals surface area contributed by atoms with Crippen LogP contribution in [-0.2, 0) is 22.7 Å². The van der Waals surface area contributed by atoms with E-state index in [2.05, 4.69) is 5.32 Å². The van der Waals surface area contributed by atoms with E-state index in [1.54, 1.807) is 6.92 Å². The number of benzene rings is 1. The van der Waals surface area contributed by atoms with Crippen LogP contribution in [0.3, 0.4) is 0 Å². The summed E-state index contributed by atoms with van der Waals surface area (Å²) in [6, 6.07) is 7.43. The Labute approximate surface area is 119 Å². The quantitative estimate of drug-likeness (QED) is 0.833. The number of rotatable bonds is 5. The van der Waals surface area contributed by atoms with Gasteiger partial charge in [-0.25, -0.2) is 0 Å². The lowest BCUT2D eigenvalue weighted by molar-refractivity contribution is -0.128. The van der Waals surface area contributed by atoms with Gasteiger partial charge in [0, 0.05) is 26.1 Å². The zero-order chi connectivity index (χ0) is 14.5. The van der Waals surface area contributed by atoms with Crippen LogP contribution in [0, 0.1) is 0 Å². The molecule has 2 amide bonds. The topological polar surface area (TPSA) is 75.4 Å². The maximum absolute atomic E-state index is 11.6. The first-order valence-electron chi connectivity index (χ1n) is 6.95. The number of likely N-dealkylation sites (tertiary alicyclic amines) is 1. The van der Waals surface area contributed by atoms with Crippen molar-refractivity contribution in [3.05, 3.63) is 35.4 Å². The van der Waals surface area contributed by atoms with Crippen molar-refractivity contribution in [2.24, 2.45) is 5.73 Å². The minimum atomic E-state index is -0.500. The number of carbonyl (C=O) groups is 2. The molecule has 0 spiro atoms. The molecule has 0 unspecified atom stereocenters. The molecule has 0 aromatic heterocycles. The number of nitrogens with one attached hydrogen (secondary N) is 1. The zero-order valence-corrected chi connectivity index (χ0v) is 11.8. The first-order chi connectivity index (χ1) is 9.56. The lowest BCUT2D eigenvalue weighted by Crippen LogP contribution is -2.37. The van der Waals surface area contributed by atoms with Gasteiger partial charge in [0.1, 0.15) is 0 Å². The van der Waals surface area contributed by atoms with Gasteiger partial charge >= 0.3 is 0 Å². The molecule has 1 aliphatic heterocycles. The molecule has 0 saturated carbocycles. The minimum absolute atomic E-state index is 0.162. The van der Waals surface area contributed by atoms with E-state index in [1.165, 1.54) is 0 Å². The fraction of sp³-hybridized carbons (Fsp3) is 0.467. The van der Waals surface area contributed by atoms with E-state index < -0.39 is 6.04 Å². The van der Waals surface area contributed by atoms with E-state index in [0.29, 0.717) is 19.5 Å². The molecule has 108 valence electrons. The van der Waals surface area contributed by atoms with Crippen molar-refractivity contribution >= 4 is 11.8 Å². The van der Waals surface area contributed by atoms with Crippen LogP contribution in [-0.4, -0.2) is 29.3 Å². The van der Waals surface area contributed by atoms with Crippen LogP contribution in [0.2, 0.25) is 0 Å². The molecule has 1 atom stereocenters. The number of nitrogens with two attached hydrogens (primary N) is 1. The minimum Gasteiger partial charge on any atom is -0.351 e. The average Bonchev–Trinajstić information content (AvgIpc) is 2.82. The van der Waals surface area contributed by atoms with Crippen LogP contribution in [0.25, 0.3) is 0 Å². The molecular weight excluding hydrogens is 254 g/mol. The van der Waals surface area contributed by atoms with E-state index >= 15 is 0 Å². The number of hydrogen-bond donors (Lipinski definition) is 2. The first kappa shape index (κ1) is 14.5. The fourth-order valence-corrected chi connectivity index (χ4v) is 2.28. The predicted octanol–water partition coefficient (Wildman–Crippen LogP) is 0.772. The van der Waals surface area contributed by atoms with Crippen LogP contribution in [0.5, 0.6) is 0 Å². The van der Waals surface area contributed by atoms with Gasteiger partial charge < -0.3 is 16.0 Å². The van der Waals surface area contributed by atoms with Crippen LogP contribution in [0.1, 0.15) is 30.9 Å². The maximum atomic E-state index is 11.6. The Kier molecular flexibility index (Phi) is 4.74. The van der Waals surface area contributed by atoms with Crippen molar-refractivity contribution in [2.75, 3.05) is 6.54 Å². The second kappa shape index (κ2) is 6.52. The third kappa shape index (κ3) is 3.81. The SMILES string of the molecule is C[C@@H](N)C(=O)NCc1cccc(CN2CCCC2=O)c1. The van der Waals surface area contributed by atoms with Crippen molar-refractivity contribution in [1.29, 1.82) is 0 Å². The molecule has 20 heavy (non-hydrogen) atoms. The molecule has 0 radical (unpaired) electrons. The first-order valence-corrected chi connectivity index (χ1v) is 6.95. The lowest BCUT2D eigenvalue weighted by atomic mass is 10.1. The molecule has 5 heteroatoms. The fourth-order valence-electron chi connectivity index (χ4n) is 2.28. The molecule has 3 N–H and O–H groups in total. The Hall–Kier alpha value is -1.88. The highest BCUT2D eigenvalue weighted by molar-refractivity contribution is 5.81. The lowest BCUT2D eigenvalue weighted by Gasteiger charge is -2.16. The summed E-state index contributed by atoms with van der Waals surface area (Å²) < 4.78 is 0. The second-order valence-electron chi connectivity index (χ2n) is 5.25. The summed E-state index contributed by atoms with van der Waals surface area (Å²) in [7, 11) is 0. The van der Waals surface area contributed by atoms with E-state index in [-0.39, 0.29) is 11.8 Å². The Morgan fingerprint density at radius 2 is 2.20 bits per heavy atom. The number of carbonyl (C=O) groups excluding carboxylic acids is 2. The van der Waals surface area contributed by atoms with Crippen LogP contribution < -0.4 is 11.1 Å². The molecule has 2 rings (SSSR count). The third-order valence-corrected chi connectivity index (χ3v) is 3.42. The Balaban J connectivity index is 1.93. The van der Waals surface area contributed by atoms with Crippen LogP contribution in [0.4, 0.5) is 0 Å². The molecule has 1 fully saturated rings. The molecule has 1 aromatic rings. The second-order valence-corrected chi connectivity index (χ2v) is 5.25. The van der Waals surface area contributed by atoms with Crippen molar-refractivity contribution in [1.82, 2.24) is 10.2 Å². The van der Waals surface area contributed by atoms with E-state index in [0.717, 1.165) is 24.1 Å². The number of nitrogens with zero attached hydrogens (tertiary/aromatic N) is 1. The van der Waals surface area contributed by atoms with Gasteiger partial charge in [-0.05, 0) is 24.5 Å². The van der Waals surface area contributed by atoms with E-state index in [9.17, 15) is 9.59 Å². The molecule has 1 saturated heterocycles. The average molecular weight is 275 g/mol. The maximum Gasteiger partial charge on any atom is 0.236 e. The summed E-state index contributed by atoms with van der Waals surface area (Å²) >= 11 is 0. The summed E-state index contributed by atoms with van der Waals surface area (Å²) in [5.41, 5.74) is 7.61. The molecule has 1 heterocycles. The molecule has 1 aliphatic rings.